The van der Waals surface area contributed by atoms with Gasteiger partial charge in [0.25, 0.3) is 0 Å². The van der Waals surface area contributed by atoms with Gasteiger partial charge in [0.15, 0.2) is 5.78 Å². The third-order valence-corrected chi connectivity index (χ3v) is 2.85. The minimum Gasteiger partial charge on any atom is -0.379 e. The molecule has 3 nitrogen and oxygen atoms in total. The number of carbonyl (C=O) groups is 1. The number of Topliss-reactive ketones (excluding diaryl/α,β-unsaturated/α-hetero) is 1. The third-order valence-electron chi connectivity index (χ3n) is 2.85. The maximum Gasteiger partial charge on any atom is 0.164 e. The highest BCUT2D eigenvalue weighted by Gasteiger charge is 2.12. The molecule has 0 N–H and O–H groups in total. The van der Waals surface area contributed by atoms with Crippen LogP contribution in [-0.2, 0) is 4.74 Å². The molecule has 1 heterocycles. The van der Waals surface area contributed by atoms with Crippen molar-refractivity contribution in [1.29, 1.82) is 0 Å². The van der Waals surface area contributed by atoms with Crippen LogP contribution in [0.3, 0.4) is 0 Å². The Hall–Kier alpha value is -0.710. The zero-order valence-electron chi connectivity index (χ0n) is 9.80. The van der Waals surface area contributed by atoms with Crippen molar-refractivity contribution >= 4 is 22.8 Å². The molecule has 0 radical (unpaired) electrons. The van der Waals surface area contributed by atoms with Gasteiger partial charge in [0.05, 0.1) is 13.2 Å². The Kier molecular flexibility index (Phi) is 6.40. The molecule has 4 heteroatoms. The smallest absolute Gasteiger partial charge is 0.164 e. The third kappa shape index (κ3) is 4.58. The number of morpholine rings is 1. The van der Waals surface area contributed by atoms with E-state index < -0.39 is 0 Å². The summed E-state index contributed by atoms with van der Waals surface area (Å²) in [6.45, 7) is 4.32. The molecule has 0 aromatic heterocycles. The van der Waals surface area contributed by atoms with E-state index in [0.717, 1.165) is 38.4 Å². The zero-order valence-corrected chi connectivity index (χ0v) is 11.5. The van der Waals surface area contributed by atoms with Crippen LogP contribution in [0.15, 0.2) is 30.3 Å². The van der Waals surface area contributed by atoms with Crippen molar-refractivity contribution in [3.05, 3.63) is 35.9 Å². The van der Waals surface area contributed by atoms with Crippen molar-refractivity contribution in [2.24, 2.45) is 0 Å². The Morgan fingerprint density at radius 3 is 2.47 bits per heavy atom. The van der Waals surface area contributed by atoms with Crippen LogP contribution in [0, 0.1) is 0 Å². The molecule has 1 aliphatic rings. The number of ether oxygens (including phenoxy) is 1. The van der Waals surface area contributed by atoms with E-state index in [4.69, 9.17) is 4.74 Å². The van der Waals surface area contributed by atoms with Crippen LogP contribution in [-0.4, -0.2) is 43.5 Å². The van der Waals surface area contributed by atoms with Gasteiger partial charge in [-0.25, -0.2) is 0 Å². The molecule has 0 saturated carbocycles. The first-order valence-corrected chi connectivity index (χ1v) is 5.74. The summed E-state index contributed by atoms with van der Waals surface area (Å²) in [5.41, 5.74) is 0.816. The predicted octanol–water partition coefficient (Wildman–Crippen LogP) is 2.17. The van der Waals surface area contributed by atoms with Gasteiger partial charge >= 0.3 is 0 Å². The molecule has 17 heavy (non-hydrogen) atoms. The van der Waals surface area contributed by atoms with Crippen LogP contribution in [0.2, 0.25) is 0 Å². The highest BCUT2D eigenvalue weighted by molar-refractivity contribution is 8.93. The van der Waals surface area contributed by atoms with Gasteiger partial charge in [0.1, 0.15) is 0 Å². The Balaban J connectivity index is 0.00000144. The number of nitrogens with zero attached hydrogens (tertiary/aromatic N) is 1. The van der Waals surface area contributed by atoms with Crippen LogP contribution in [0.25, 0.3) is 0 Å². The number of ketones is 1. The van der Waals surface area contributed by atoms with Gasteiger partial charge in [0.2, 0.25) is 0 Å². The maximum atomic E-state index is 11.8. The van der Waals surface area contributed by atoms with Crippen LogP contribution < -0.4 is 0 Å². The summed E-state index contributed by atoms with van der Waals surface area (Å²) in [6, 6.07) is 9.49. The number of hydrogen-bond donors (Lipinski definition) is 0. The second-order valence-corrected chi connectivity index (χ2v) is 3.99. The van der Waals surface area contributed by atoms with Crippen molar-refractivity contribution < 1.29 is 9.53 Å². The number of benzene rings is 1. The van der Waals surface area contributed by atoms with Crippen LogP contribution >= 0.6 is 17.0 Å². The van der Waals surface area contributed by atoms with E-state index in [-0.39, 0.29) is 22.8 Å². The quantitative estimate of drug-likeness (QED) is 0.798. The van der Waals surface area contributed by atoms with E-state index in [2.05, 4.69) is 4.90 Å². The minimum atomic E-state index is 0. The molecule has 1 fully saturated rings. The van der Waals surface area contributed by atoms with Crippen LogP contribution in [0.1, 0.15) is 16.8 Å². The van der Waals surface area contributed by atoms with Gasteiger partial charge in [0, 0.05) is 31.6 Å². The lowest BCUT2D eigenvalue weighted by molar-refractivity contribution is 0.0370. The van der Waals surface area contributed by atoms with Gasteiger partial charge < -0.3 is 4.74 Å². The first kappa shape index (κ1) is 14.4. The second kappa shape index (κ2) is 7.58. The highest BCUT2D eigenvalue weighted by atomic mass is 79.9. The second-order valence-electron chi connectivity index (χ2n) is 3.99. The number of hydrogen-bond acceptors (Lipinski definition) is 3. The lowest BCUT2D eigenvalue weighted by Crippen LogP contribution is -2.37. The van der Waals surface area contributed by atoms with Gasteiger partial charge in [-0.15, -0.1) is 17.0 Å². The summed E-state index contributed by atoms with van der Waals surface area (Å²) < 4.78 is 5.26. The monoisotopic (exact) mass is 299 g/mol. The molecular formula is C13H18BrNO2. The molecule has 0 aliphatic carbocycles. The molecule has 2 rings (SSSR count). The largest absolute Gasteiger partial charge is 0.379 e. The first-order valence-electron chi connectivity index (χ1n) is 5.74. The molecule has 1 aromatic carbocycles. The molecule has 0 bridgehead atoms. The molecule has 1 aliphatic heterocycles. The first-order chi connectivity index (χ1) is 7.86. The van der Waals surface area contributed by atoms with Crippen molar-refractivity contribution in [3.63, 3.8) is 0 Å². The molecule has 1 aromatic rings. The predicted molar refractivity (Wildman–Crippen MR) is 73.0 cm³/mol. The standard InChI is InChI=1S/C13H17NO2.BrH/c15-13(12-4-2-1-3-5-12)6-7-14-8-10-16-11-9-14;/h1-5H,6-11H2;1H. The Morgan fingerprint density at radius 2 is 1.82 bits per heavy atom. The molecule has 0 atom stereocenters. The van der Waals surface area contributed by atoms with Crippen LogP contribution in [0.4, 0.5) is 0 Å². The van der Waals surface area contributed by atoms with Crippen LogP contribution in [0.5, 0.6) is 0 Å². The van der Waals surface area contributed by atoms with Gasteiger partial charge in [-0.2, -0.15) is 0 Å². The van der Waals surface area contributed by atoms with E-state index in [1.54, 1.807) is 0 Å². The Labute approximate surface area is 113 Å². The average Bonchev–Trinajstić information content (AvgIpc) is 2.38. The summed E-state index contributed by atoms with van der Waals surface area (Å²) in [5.74, 6) is 0.229. The summed E-state index contributed by atoms with van der Waals surface area (Å²) in [7, 11) is 0. The minimum absolute atomic E-state index is 0. The fourth-order valence-corrected chi connectivity index (χ4v) is 1.85. The Bertz CT molecular complexity index is 337. The number of carbonyl (C=O) groups excluding carboxylic acids is 1. The van der Waals surface area contributed by atoms with Crippen molar-refractivity contribution in [3.8, 4) is 0 Å². The summed E-state index contributed by atoms with van der Waals surface area (Å²) in [6.07, 6.45) is 0.601. The Morgan fingerprint density at radius 1 is 1.18 bits per heavy atom. The van der Waals surface area contributed by atoms with E-state index in [1.807, 2.05) is 30.3 Å². The fraction of sp³-hybridized carbons (Fsp3) is 0.462. The van der Waals surface area contributed by atoms with E-state index in [0.29, 0.717) is 6.42 Å². The topological polar surface area (TPSA) is 29.5 Å². The average molecular weight is 300 g/mol. The van der Waals surface area contributed by atoms with E-state index >= 15 is 0 Å². The van der Waals surface area contributed by atoms with Crippen molar-refractivity contribution in [2.75, 3.05) is 32.8 Å². The van der Waals surface area contributed by atoms with Gasteiger partial charge in [-0.1, -0.05) is 30.3 Å². The van der Waals surface area contributed by atoms with E-state index in [1.165, 1.54) is 0 Å². The van der Waals surface area contributed by atoms with Gasteiger partial charge in [-0.3, -0.25) is 9.69 Å². The summed E-state index contributed by atoms with van der Waals surface area (Å²) >= 11 is 0. The fourth-order valence-electron chi connectivity index (χ4n) is 1.85. The molecule has 0 amide bonds. The SMILES string of the molecule is Br.O=C(CCN1CCOCC1)c1ccccc1. The molecule has 94 valence electrons. The normalized spacial score (nSPS) is 16.2. The summed E-state index contributed by atoms with van der Waals surface area (Å²) in [5, 5.41) is 0. The summed E-state index contributed by atoms with van der Waals surface area (Å²) in [4.78, 5) is 14.1. The lowest BCUT2D eigenvalue weighted by Gasteiger charge is -2.26. The molecular weight excluding hydrogens is 282 g/mol. The van der Waals surface area contributed by atoms with E-state index in [9.17, 15) is 4.79 Å². The molecule has 0 spiro atoms. The van der Waals surface area contributed by atoms with Gasteiger partial charge in [-0.05, 0) is 0 Å². The lowest BCUT2D eigenvalue weighted by atomic mass is 10.1. The zero-order chi connectivity index (χ0) is 11.2. The van der Waals surface area contributed by atoms with Crippen molar-refractivity contribution in [1.82, 2.24) is 4.90 Å². The highest BCUT2D eigenvalue weighted by Crippen LogP contribution is 2.05. The number of halogens is 1. The molecule has 1 saturated heterocycles. The molecule has 0 unspecified atom stereocenters. The maximum absolute atomic E-state index is 11.8. The van der Waals surface area contributed by atoms with Crippen molar-refractivity contribution in [2.45, 2.75) is 6.42 Å². The number of rotatable bonds is 4.